The first-order chi connectivity index (χ1) is 25.9. The standard InChI is InChI=1S/C34H35ClN4O2.C9H14N2O/c1-4-38(28-17-19-36-20-18-28)21-22-40-30-11-5-26(6-12-30)33-24-39(34(37-33)23-25(2)3)29-9-15-32(16-10-29)41-31-13-7-27(35)8-14-31;1-2-11(7-8-12)9-3-5-10-6-4-9/h5-20,24-25H,4,21-23H2,1-3H3;3-6,12H,2,7-8H2,1H3. The second-order valence-corrected chi connectivity index (χ2v) is 13.2. The van der Waals surface area contributed by atoms with Crippen molar-refractivity contribution in [3.63, 3.8) is 0 Å². The summed E-state index contributed by atoms with van der Waals surface area (Å²) in [5.41, 5.74) is 5.29. The summed E-state index contributed by atoms with van der Waals surface area (Å²) in [5, 5.41) is 9.46. The van der Waals surface area contributed by atoms with Gasteiger partial charge in [0.15, 0.2) is 0 Å². The van der Waals surface area contributed by atoms with Crippen molar-refractivity contribution in [1.29, 1.82) is 0 Å². The maximum Gasteiger partial charge on any atom is 0.127 e. The third-order valence-corrected chi connectivity index (χ3v) is 8.76. The fourth-order valence-electron chi connectivity index (χ4n) is 5.77. The zero-order valence-corrected chi connectivity index (χ0v) is 31.7. The number of halogens is 1. The summed E-state index contributed by atoms with van der Waals surface area (Å²) in [7, 11) is 0. The van der Waals surface area contributed by atoms with Crippen LogP contribution in [0.15, 0.2) is 128 Å². The highest BCUT2D eigenvalue weighted by Gasteiger charge is 2.14. The minimum absolute atomic E-state index is 0.191. The summed E-state index contributed by atoms with van der Waals surface area (Å²) in [6.45, 7) is 12.7. The molecule has 9 nitrogen and oxygen atoms in total. The topological polar surface area (TPSA) is 88.8 Å². The first kappa shape index (κ1) is 38.8. The number of aliphatic hydroxyl groups is 1. The first-order valence-corrected chi connectivity index (χ1v) is 18.5. The molecule has 0 aliphatic rings. The number of ether oxygens (including phenoxy) is 2. The molecule has 0 atom stereocenters. The Morgan fingerprint density at radius 2 is 1.23 bits per heavy atom. The smallest absolute Gasteiger partial charge is 0.127 e. The Kier molecular flexibility index (Phi) is 14.7. The molecule has 53 heavy (non-hydrogen) atoms. The zero-order valence-electron chi connectivity index (χ0n) is 31.0. The number of nitrogens with zero attached hydrogens (tertiary/aromatic N) is 6. The van der Waals surface area contributed by atoms with Crippen molar-refractivity contribution in [2.75, 3.05) is 49.2 Å². The molecule has 0 fully saturated rings. The Labute approximate surface area is 318 Å². The van der Waals surface area contributed by atoms with Gasteiger partial charge in [-0.15, -0.1) is 0 Å². The number of likely N-dealkylation sites (N-methyl/N-ethyl adjacent to an activating group) is 2. The van der Waals surface area contributed by atoms with Gasteiger partial charge in [-0.3, -0.25) is 9.97 Å². The van der Waals surface area contributed by atoms with Gasteiger partial charge in [0.05, 0.1) is 18.8 Å². The molecular formula is C43H49ClN6O3. The molecule has 0 saturated carbocycles. The highest BCUT2D eigenvalue weighted by molar-refractivity contribution is 6.30. The average molecular weight is 733 g/mol. The fourth-order valence-corrected chi connectivity index (χ4v) is 5.90. The van der Waals surface area contributed by atoms with Crippen molar-refractivity contribution in [2.45, 2.75) is 34.1 Å². The average Bonchev–Trinajstić information content (AvgIpc) is 3.61. The molecule has 0 saturated heterocycles. The number of anilines is 2. The second kappa shape index (κ2) is 20.0. The molecule has 0 radical (unpaired) electrons. The van der Waals surface area contributed by atoms with E-state index in [1.807, 2.05) is 85.2 Å². The molecule has 0 bridgehead atoms. The number of aliphatic hydroxyl groups excluding tert-OH is 1. The van der Waals surface area contributed by atoms with Gasteiger partial charge in [-0.1, -0.05) is 25.4 Å². The maximum absolute atomic E-state index is 8.77. The lowest BCUT2D eigenvalue weighted by Crippen LogP contribution is -2.27. The number of pyridine rings is 2. The van der Waals surface area contributed by atoms with Gasteiger partial charge in [0.25, 0.3) is 0 Å². The predicted molar refractivity (Wildman–Crippen MR) is 216 cm³/mol. The Morgan fingerprint density at radius 1 is 0.698 bits per heavy atom. The molecule has 0 spiro atoms. The van der Waals surface area contributed by atoms with Crippen LogP contribution < -0.4 is 19.3 Å². The van der Waals surface area contributed by atoms with Gasteiger partial charge in [0.2, 0.25) is 0 Å². The van der Waals surface area contributed by atoms with E-state index in [0.717, 1.165) is 77.4 Å². The van der Waals surface area contributed by atoms with Crippen LogP contribution in [0.3, 0.4) is 0 Å². The normalized spacial score (nSPS) is 10.8. The Balaban J connectivity index is 0.000000384. The Bertz CT molecular complexity index is 1920. The summed E-state index contributed by atoms with van der Waals surface area (Å²) in [6, 6.07) is 31.5. The number of aromatic nitrogens is 4. The van der Waals surface area contributed by atoms with Crippen LogP contribution in [-0.2, 0) is 6.42 Å². The van der Waals surface area contributed by atoms with E-state index in [0.29, 0.717) is 24.1 Å². The quantitative estimate of drug-likeness (QED) is 0.105. The molecule has 6 rings (SSSR count). The van der Waals surface area contributed by atoms with Gasteiger partial charge in [-0.25, -0.2) is 4.98 Å². The summed E-state index contributed by atoms with van der Waals surface area (Å²) >= 11 is 5.99. The van der Waals surface area contributed by atoms with Crippen molar-refractivity contribution < 1.29 is 14.6 Å². The third-order valence-electron chi connectivity index (χ3n) is 8.50. The van der Waals surface area contributed by atoms with Crippen LogP contribution >= 0.6 is 11.6 Å². The largest absolute Gasteiger partial charge is 0.492 e. The molecule has 0 aliphatic carbocycles. The molecule has 1 N–H and O–H groups in total. The first-order valence-electron chi connectivity index (χ1n) is 18.1. The number of imidazole rings is 1. The molecule has 0 aliphatic heterocycles. The number of hydrogen-bond acceptors (Lipinski definition) is 8. The second-order valence-electron chi connectivity index (χ2n) is 12.7. The zero-order chi connectivity index (χ0) is 37.4. The molecule has 3 aromatic heterocycles. The van der Waals surface area contributed by atoms with Crippen LogP contribution in [0.1, 0.15) is 33.5 Å². The molecule has 6 aromatic rings. The maximum atomic E-state index is 8.77. The molecular weight excluding hydrogens is 684 g/mol. The summed E-state index contributed by atoms with van der Waals surface area (Å²) < 4.78 is 14.2. The van der Waals surface area contributed by atoms with E-state index in [4.69, 9.17) is 31.2 Å². The summed E-state index contributed by atoms with van der Waals surface area (Å²) in [5.74, 6) is 3.86. The molecule has 276 valence electrons. The van der Waals surface area contributed by atoms with Crippen LogP contribution in [0.4, 0.5) is 11.4 Å². The Morgan fingerprint density at radius 3 is 1.75 bits per heavy atom. The van der Waals surface area contributed by atoms with E-state index in [1.165, 1.54) is 0 Å². The highest BCUT2D eigenvalue weighted by Crippen LogP contribution is 2.28. The lowest BCUT2D eigenvalue weighted by molar-refractivity contribution is 0.302. The Hall–Kier alpha value is -5.38. The van der Waals surface area contributed by atoms with Gasteiger partial charge in [0, 0.05) is 84.7 Å². The van der Waals surface area contributed by atoms with E-state index in [2.05, 4.69) is 82.5 Å². The SMILES string of the molecule is CCN(CCO)c1ccncc1.CCN(CCOc1ccc(-c2cn(-c3ccc(Oc4ccc(Cl)cc4)cc3)c(CC(C)C)n2)cc1)c1ccncc1. The third kappa shape index (κ3) is 11.6. The van der Waals surface area contributed by atoms with Crippen LogP contribution in [-0.4, -0.2) is 64.0 Å². The minimum atomic E-state index is 0.191. The lowest BCUT2D eigenvalue weighted by atomic mass is 10.1. The minimum Gasteiger partial charge on any atom is -0.492 e. The van der Waals surface area contributed by atoms with Crippen molar-refractivity contribution >= 4 is 23.0 Å². The number of benzene rings is 3. The predicted octanol–water partition coefficient (Wildman–Crippen LogP) is 9.38. The fraction of sp³-hybridized carbons (Fsp3) is 0.279. The van der Waals surface area contributed by atoms with Crippen LogP contribution in [0.2, 0.25) is 5.02 Å². The van der Waals surface area contributed by atoms with Crippen LogP contribution in [0.5, 0.6) is 17.2 Å². The van der Waals surface area contributed by atoms with Gasteiger partial charge in [0.1, 0.15) is 29.7 Å². The number of hydrogen-bond donors (Lipinski definition) is 1. The summed E-state index contributed by atoms with van der Waals surface area (Å²) in [6.07, 6.45) is 10.1. The van der Waals surface area contributed by atoms with E-state index in [9.17, 15) is 0 Å². The summed E-state index contributed by atoms with van der Waals surface area (Å²) in [4.78, 5) is 17.4. The van der Waals surface area contributed by atoms with Crippen molar-refractivity contribution in [3.8, 4) is 34.2 Å². The van der Waals surface area contributed by atoms with E-state index < -0.39 is 0 Å². The van der Waals surface area contributed by atoms with Crippen molar-refractivity contribution in [1.82, 2.24) is 19.5 Å². The van der Waals surface area contributed by atoms with Gasteiger partial charge >= 0.3 is 0 Å². The molecule has 3 aromatic carbocycles. The van der Waals surface area contributed by atoms with Crippen molar-refractivity contribution in [2.24, 2.45) is 5.92 Å². The molecule has 10 heteroatoms. The number of rotatable bonds is 16. The van der Waals surface area contributed by atoms with E-state index >= 15 is 0 Å². The monoisotopic (exact) mass is 732 g/mol. The molecule has 0 amide bonds. The van der Waals surface area contributed by atoms with Crippen LogP contribution in [0, 0.1) is 5.92 Å². The van der Waals surface area contributed by atoms with Crippen LogP contribution in [0.25, 0.3) is 16.9 Å². The van der Waals surface area contributed by atoms with Gasteiger partial charge in [-0.05, 0) is 117 Å². The van der Waals surface area contributed by atoms with Gasteiger partial charge < -0.3 is 28.9 Å². The molecule has 3 heterocycles. The van der Waals surface area contributed by atoms with E-state index in [1.54, 1.807) is 12.4 Å². The lowest BCUT2D eigenvalue weighted by Gasteiger charge is -2.22. The van der Waals surface area contributed by atoms with Crippen molar-refractivity contribution in [3.05, 3.63) is 139 Å². The highest BCUT2D eigenvalue weighted by atomic mass is 35.5. The molecule has 0 unspecified atom stereocenters. The van der Waals surface area contributed by atoms with E-state index in [-0.39, 0.29) is 6.61 Å². The van der Waals surface area contributed by atoms with Gasteiger partial charge in [-0.2, -0.15) is 0 Å².